The second-order valence-electron chi connectivity index (χ2n) is 3.23. The summed E-state index contributed by atoms with van der Waals surface area (Å²) in [7, 11) is 0. The number of rotatable bonds is 0. The van der Waals surface area contributed by atoms with Crippen molar-refractivity contribution in [2.45, 2.75) is 6.92 Å². The van der Waals surface area contributed by atoms with Crippen LogP contribution >= 0.6 is 11.3 Å². The molecular weight excluding hydrogens is 192 g/mol. The van der Waals surface area contributed by atoms with Gasteiger partial charge in [0.25, 0.3) is 0 Å². The third-order valence-electron chi connectivity index (χ3n) is 2.32. The lowest BCUT2D eigenvalue weighted by molar-refractivity contribution is 1.24. The summed E-state index contributed by atoms with van der Waals surface area (Å²) in [5, 5.41) is 1.22. The van der Waals surface area contributed by atoms with E-state index in [2.05, 4.69) is 16.0 Å². The minimum absolute atomic E-state index is 1.09. The van der Waals surface area contributed by atoms with Crippen LogP contribution in [0.25, 0.3) is 20.3 Å². The Morgan fingerprint density at radius 1 is 1.14 bits per heavy atom. The Kier molecular flexibility index (Phi) is 1.55. The van der Waals surface area contributed by atoms with Gasteiger partial charge in [0.1, 0.15) is 0 Å². The summed E-state index contributed by atoms with van der Waals surface area (Å²) >= 11 is 1.76. The van der Waals surface area contributed by atoms with Crippen LogP contribution in [0.2, 0.25) is 0 Å². The maximum atomic E-state index is 4.39. The minimum atomic E-state index is 1.09. The van der Waals surface area contributed by atoms with E-state index in [0.29, 0.717) is 0 Å². The summed E-state index contributed by atoms with van der Waals surface area (Å²) in [6.45, 7) is 2.04. The summed E-state index contributed by atoms with van der Waals surface area (Å²) in [5.74, 6) is 0. The highest BCUT2D eigenvalue weighted by atomic mass is 32.1. The fourth-order valence-corrected chi connectivity index (χ4v) is 2.75. The van der Waals surface area contributed by atoms with Gasteiger partial charge in [-0.15, -0.1) is 11.3 Å². The van der Waals surface area contributed by atoms with Crippen LogP contribution in [0.5, 0.6) is 0 Å². The molecule has 0 fully saturated rings. The first-order chi connectivity index (χ1) is 6.86. The third kappa shape index (κ3) is 0.960. The van der Waals surface area contributed by atoms with Gasteiger partial charge < -0.3 is 0 Å². The number of nitrogens with zero attached hydrogens (tertiary/aromatic N) is 2. The molecule has 0 spiro atoms. The van der Waals surface area contributed by atoms with Gasteiger partial charge in [-0.05, 0) is 25.1 Å². The van der Waals surface area contributed by atoms with Gasteiger partial charge in [-0.3, -0.25) is 9.97 Å². The largest absolute Gasteiger partial charge is 0.260 e. The van der Waals surface area contributed by atoms with Crippen LogP contribution in [0.4, 0.5) is 0 Å². The van der Waals surface area contributed by atoms with E-state index in [9.17, 15) is 0 Å². The Morgan fingerprint density at radius 2 is 2.07 bits per heavy atom. The van der Waals surface area contributed by atoms with Crippen LogP contribution in [0.1, 0.15) is 5.69 Å². The highest BCUT2D eigenvalue weighted by Gasteiger charge is 2.06. The molecule has 0 N–H and O–H groups in total. The summed E-state index contributed by atoms with van der Waals surface area (Å²) in [6, 6.07) is 6.11. The van der Waals surface area contributed by atoms with Crippen molar-refractivity contribution in [3.8, 4) is 0 Å². The molecule has 0 unspecified atom stereocenters. The molecule has 0 saturated heterocycles. The van der Waals surface area contributed by atoms with Crippen molar-refractivity contribution in [2.75, 3.05) is 0 Å². The average molecular weight is 200 g/mol. The Labute approximate surface area is 85.2 Å². The standard InChI is InChI=1S/C11H8N2S/c1-7-11-8(4-6-12-7)10-9(14-11)3-2-5-13-10/h2-6H,1H3. The van der Waals surface area contributed by atoms with Crippen LogP contribution in [-0.2, 0) is 0 Å². The fraction of sp³-hybridized carbons (Fsp3) is 0.0909. The van der Waals surface area contributed by atoms with E-state index in [-0.39, 0.29) is 0 Å². The molecule has 0 aliphatic rings. The van der Waals surface area contributed by atoms with E-state index < -0.39 is 0 Å². The first-order valence-corrected chi connectivity index (χ1v) is 5.27. The van der Waals surface area contributed by atoms with Crippen LogP contribution in [0.3, 0.4) is 0 Å². The quantitative estimate of drug-likeness (QED) is 0.557. The van der Waals surface area contributed by atoms with E-state index >= 15 is 0 Å². The molecule has 3 heterocycles. The van der Waals surface area contributed by atoms with E-state index in [0.717, 1.165) is 11.2 Å². The summed E-state index contributed by atoms with van der Waals surface area (Å²) in [4.78, 5) is 8.68. The molecule has 0 saturated carbocycles. The summed E-state index contributed by atoms with van der Waals surface area (Å²) in [5.41, 5.74) is 2.18. The molecule has 0 amide bonds. The lowest BCUT2D eigenvalue weighted by Gasteiger charge is -1.92. The first-order valence-electron chi connectivity index (χ1n) is 4.45. The van der Waals surface area contributed by atoms with Gasteiger partial charge >= 0.3 is 0 Å². The first kappa shape index (κ1) is 7.88. The molecule has 3 aromatic rings. The predicted octanol–water partition coefficient (Wildman–Crippen LogP) is 3.15. The molecule has 0 radical (unpaired) electrons. The normalized spacial score (nSPS) is 11.2. The van der Waals surface area contributed by atoms with Gasteiger partial charge in [0.15, 0.2) is 0 Å². The van der Waals surface area contributed by atoms with Gasteiger partial charge in [0, 0.05) is 17.8 Å². The number of hydrogen-bond acceptors (Lipinski definition) is 3. The maximum Gasteiger partial charge on any atom is 0.0889 e. The number of thiophene rings is 1. The Bertz CT molecular complexity index is 613. The zero-order valence-electron chi connectivity index (χ0n) is 7.69. The molecule has 0 aliphatic heterocycles. The lowest BCUT2D eigenvalue weighted by Crippen LogP contribution is -1.78. The maximum absolute atomic E-state index is 4.39. The molecular formula is C11H8N2S. The van der Waals surface area contributed by atoms with Crippen molar-refractivity contribution in [1.82, 2.24) is 9.97 Å². The molecule has 0 aliphatic carbocycles. The second-order valence-corrected chi connectivity index (χ2v) is 4.28. The molecule has 0 atom stereocenters. The van der Waals surface area contributed by atoms with Crippen LogP contribution in [0, 0.1) is 6.92 Å². The van der Waals surface area contributed by atoms with Crippen molar-refractivity contribution < 1.29 is 0 Å². The van der Waals surface area contributed by atoms with Crippen molar-refractivity contribution >= 4 is 31.6 Å². The highest BCUT2D eigenvalue weighted by Crippen LogP contribution is 2.32. The van der Waals surface area contributed by atoms with E-state index in [4.69, 9.17) is 0 Å². The molecule has 14 heavy (non-hydrogen) atoms. The van der Waals surface area contributed by atoms with Crippen LogP contribution < -0.4 is 0 Å². The number of hydrogen-bond donors (Lipinski definition) is 0. The van der Waals surface area contributed by atoms with Gasteiger partial charge in [-0.25, -0.2) is 0 Å². The van der Waals surface area contributed by atoms with Crippen LogP contribution in [-0.4, -0.2) is 9.97 Å². The number of fused-ring (bicyclic) bond motifs is 3. The SMILES string of the molecule is Cc1nccc2c1sc1cccnc12. The molecule has 68 valence electrons. The fourth-order valence-electron chi connectivity index (χ4n) is 1.65. The second kappa shape index (κ2) is 2.75. The van der Waals surface area contributed by atoms with Crippen LogP contribution in [0.15, 0.2) is 30.6 Å². The van der Waals surface area contributed by atoms with E-state index in [1.807, 2.05) is 31.5 Å². The molecule has 2 nitrogen and oxygen atoms in total. The molecule has 3 rings (SSSR count). The number of aryl methyl sites for hydroxylation is 1. The monoisotopic (exact) mass is 200 g/mol. The molecule has 3 aromatic heterocycles. The Morgan fingerprint density at radius 3 is 3.00 bits per heavy atom. The smallest absolute Gasteiger partial charge is 0.0889 e. The minimum Gasteiger partial charge on any atom is -0.260 e. The van der Waals surface area contributed by atoms with Gasteiger partial charge in [0.2, 0.25) is 0 Å². The van der Waals surface area contributed by atoms with Crippen molar-refractivity contribution in [2.24, 2.45) is 0 Å². The summed E-state index contributed by atoms with van der Waals surface area (Å²) in [6.07, 6.45) is 3.68. The van der Waals surface area contributed by atoms with Gasteiger partial charge in [-0.2, -0.15) is 0 Å². The zero-order valence-corrected chi connectivity index (χ0v) is 8.51. The molecule has 0 aromatic carbocycles. The van der Waals surface area contributed by atoms with E-state index in [1.165, 1.54) is 14.8 Å². The van der Waals surface area contributed by atoms with Crippen molar-refractivity contribution in [1.29, 1.82) is 0 Å². The van der Waals surface area contributed by atoms with Crippen molar-refractivity contribution in [3.05, 3.63) is 36.3 Å². The van der Waals surface area contributed by atoms with Gasteiger partial charge in [0.05, 0.1) is 20.6 Å². The number of pyridine rings is 2. The third-order valence-corrected chi connectivity index (χ3v) is 3.59. The molecule has 0 bridgehead atoms. The predicted molar refractivity (Wildman–Crippen MR) is 59.7 cm³/mol. The average Bonchev–Trinajstić information content (AvgIpc) is 2.59. The Hall–Kier alpha value is -1.48. The summed E-state index contributed by atoms with van der Waals surface area (Å²) < 4.78 is 2.49. The lowest BCUT2D eigenvalue weighted by atomic mass is 10.2. The topological polar surface area (TPSA) is 25.8 Å². The number of aromatic nitrogens is 2. The zero-order chi connectivity index (χ0) is 9.54. The molecule has 3 heteroatoms. The van der Waals surface area contributed by atoms with Crippen molar-refractivity contribution in [3.63, 3.8) is 0 Å². The van der Waals surface area contributed by atoms with Gasteiger partial charge in [-0.1, -0.05) is 0 Å². The Balaban J connectivity index is 2.63. The highest BCUT2D eigenvalue weighted by molar-refractivity contribution is 7.25. The van der Waals surface area contributed by atoms with E-state index in [1.54, 1.807) is 11.3 Å².